The Labute approximate surface area is 138 Å². The normalized spacial score (nSPS) is 25.4. The van der Waals surface area contributed by atoms with Gasteiger partial charge < -0.3 is 14.8 Å². The van der Waals surface area contributed by atoms with Gasteiger partial charge in [-0.1, -0.05) is 24.4 Å². The van der Waals surface area contributed by atoms with E-state index in [0.717, 1.165) is 29.4 Å². The van der Waals surface area contributed by atoms with Crippen LogP contribution >= 0.6 is 27.5 Å². The predicted octanol–water partition coefficient (Wildman–Crippen LogP) is 4.02. The fourth-order valence-corrected chi connectivity index (χ4v) is 3.40. The summed E-state index contributed by atoms with van der Waals surface area (Å²) in [7, 11) is 3.04. The molecule has 0 saturated heterocycles. The molecule has 0 amide bonds. The second-order valence-corrected chi connectivity index (χ2v) is 6.45. The number of benzene rings is 1. The largest absolute Gasteiger partial charge is 0.467 e. The second kappa shape index (κ2) is 6.99. The van der Waals surface area contributed by atoms with Crippen LogP contribution in [0.15, 0.2) is 22.7 Å². The van der Waals surface area contributed by atoms with Crippen LogP contribution in [0.4, 0.5) is 5.69 Å². The summed E-state index contributed by atoms with van der Waals surface area (Å²) in [5.74, 6) is -0.292. The van der Waals surface area contributed by atoms with Gasteiger partial charge in [0.1, 0.15) is 0 Å². The van der Waals surface area contributed by atoms with Gasteiger partial charge in [0.2, 0.25) is 0 Å². The maximum Gasteiger partial charge on any atom is 0.334 e. The predicted molar refractivity (Wildman–Crippen MR) is 86.8 cm³/mol. The fourth-order valence-electron chi connectivity index (χ4n) is 2.90. The van der Waals surface area contributed by atoms with Gasteiger partial charge in [0, 0.05) is 17.3 Å². The standard InChI is InChI=1S/C15H19BrClNO3/c1-20-13-5-3-4-8-15(13,14(19)21-2)18-10-6-7-12(17)11(16)9-10/h6-7,9,13,18H,3-5,8H2,1-2H3. The van der Waals surface area contributed by atoms with E-state index in [1.165, 1.54) is 7.11 Å². The maximum absolute atomic E-state index is 12.4. The summed E-state index contributed by atoms with van der Waals surface area (Å²) in [4.78, 5) is 12.4. The van der Waals surface area contributed by atoms with Crippen LogP contribution in [-0.2, 0) is 14.3 Å². The van der Waals surface area contributed by atoms with Crippen LogP contribution in [0.5, 0.6) is 0 Å². The molecule has 2 atom stereocenters. The van der Waals surface area contributed by atoms with Crippen molar-refractivity contribution in [3.05, 3.63) is 27.7 Å². The number of rotatable bonds is 4. The minimum atomic E-state index is -0.852. The summed E-state index contributed by atoms with van der Waals surface area (Å²) in [6.07, 6.45) is 3.29. The van der Waals surface area contributed by atoms with E-state index in [4.69, 9.17) is 21.1 Å². The zero-order valence-corrected chi connectivity index (χ0v) is 14.5. The van der Waals surface area contributed by atoms with Gasteiger partial charge >= 0.3 is 5.97 Å². The number of carbonyl (C=O) groups is 1. The number of carbonyl (C=O) groups excluding carboxylic acids is 1. The van der Waals surface area contributed by atoms with E-state index in [1.807, 2.05) is 12.1 Å². The number of halogens is 2. The Bertz CT molecular complexity index is 526. The summed E-state index contributed by atoms with van der Waals surface area (Å²) >= 11 is 9.41. The van der Waals surface area contributed by atoms with E-state index in [9.17, 15) is 4.79 Å². The molecular weight excluding hydrogens is 358 g/mol. The highest BCUT2D eigenvalue weighted by Gasteiger charge is 2.48. The highest BCUT2D eigenvalue weighted by Crippen LogP contribution is 2.36. The smallest absolute Gasteiger partial charge is 0.334 e. The third-order valence-electron chi connectivity index (χ3n) is 3.96. The molecule has 0 aliphatic heterocycles. The first-order valence-electron chi connectivity index (χ1n) is 6.88. The molecule has 6 heteroatoms. The van der Waals surface area contributed by atoms with Crippen molar-refractivity contribution < 1.29 is 14.3 Å². The summed E-state index contributed by atoms with van der Waals surface area (Å²) in [5, 5.41) is 3.95. The molecule has 2 unspecified atom stereocenters. The Balaban J connectivity index is 2.35. The molecule has 0 heterocycles. The third-order valence-corrected chi connectivity index (χ3v) is 5.17. The van der Waals surface area contributed by atoms with E-state index < -0.39 is 5.54 Å². The van der Waals surface area contributed by atoms with Crippen LogP contribution in [0, 0.1) is 0 Å². The second-order valence-electron chi connectivity index (χ2n) is 5.19. The van der Waals surface area contributed by atoms with Gasteiger partial charge in [0.05, 0.1) is 18.2 Å². The quantitative estimate of drug-likeness (QED) is 0.806. The zero-order valence-electron chi connectivity index (χ0n) is 12.1. The SMILES string of the molecule is COC(=O)C1(Nc2ccc(Cl)c(Br)c2)CCCCC1OC. The van der Waals surface area contributed by atoms with Crippen molar-refractivity contribution in [2.24, 2.45) is 0 Å². The molecule has 0 radical (unpaired) electrons. The molecule has 0 spiro atoms. The number of esters is 1. The Morgan fingerprint density at radius 1 is 1.43 bits per heavy atom. The van der Waals surface area contributed by atoms with E-state index in [1.54, 1.807) is 13.2 Å². The van der Waals surface area contributed by atoms with Gasteiger partial charge in [-0.25, -0.2) is 4.79 Å². The van der Waals surface area contributed by atoms with Crippen molar-refractivity contribution in [3.8, 4) is 0 Å². The Morgan fingerprint density at radius 3 is 2.81 bits per heavy atom. The molecule has 1 fully saturated rings. The van der Waals surface area contributed by atoms with Crippen LogP contribution in [0.2, 0.25) is 5.02 Å². The number of nitrogens with one attached hydrogen (secondary N) is 1. The minimum Gasteiger partial charge on any atom is -0.467 e. The van der Waals surface area contributed by atoms with Crippen molar-refractivity contribution in [1.29, 1.82) is 0 Å². The molecule has 1 aliphatic carbocycles. The summed E-state index contributed by atoms with van der Waals surface area (Å²) < 4.78 is 11.4. The number of hydrogen-bond acceptors (Lipinski definition) is 4. The first-order valence-corrected chi connectivity index (χ1v) is 8.05. The first kappa shape index (κ1) is 16.6. The number of hydrogen-bond donors (Lipinski definition) is 1. The van der Waals surface area contributed by atoms with Gasteiger partial charge in [0.15, 0.2) is 5.54 Å². The topological polar surface area (TPSA) is 47.6 Å². The lowest BCUT2D eigenvalue weighted by molar-refractivity contribution is -0.153. The molecule has 1 saturated carbocycles. The van der Waals surface area contributed by atoms with Crippen molar-refractivity contribution in [1.82, 2.24) is 0 Å². The van der Waals surface area contributed by atoms with Gasteiger partial charge in [0.25, 0.3) is 0 Å². The van der Waals surface area contributed by atoms with Crippen molar-refractivity contribution in [2.45, 2.75) is 37.3 Å². The van der Waals surface area contributed by atoms with Gasteiger partial charge in [-0.2, -0.15) is 0 Å². The first-order chi connectivity index (χ1) is 10.0. The number of anilines is 1. The molecule has 21 heavy (non-hydrogen) atoms. The number of methoxy groups -OCH3 is 2. The Hall–Kier alpha value is -0.780. The van der Waals surface area contributed by atoms with Crippen LogP contribution < -0.4 is 5.32 Å². The van der Waals surface area contributed by atoms with E-state index in [2.05, 4.69) is 21.2 Å². The molecule has 4 nitrogen and oxygen atoms in total. The lowest BCUT2D eigenvalue weighted by Crippen LogP contribution is -2.58. The molecule has 1 N–H and O–H groups in total. The van der Waals surface area contributed by atoms with Crippen molar-refractivity contribution in [2.75, 3.05) is 19.5 Å². The average molecular weight is 377 g/mol. The van der Waals surface area contributed by atoms with Crippen LogP contribution in [0.3, 0.4) is 0 Å². The molecular formula is C15H19BrClNO3. The lowest BCUT2D eigenvalue weighted by Gasteiger charge is -2.41. The van der Waals surface area contributed by atoms with Crippen molar-refractivity contribution >= 4 is 39.2 Å². The maximum atomic E-state index is 12.4. The highest BCUT2D eigenvalue weighted by atomic mass is 79.9. The molecule has 0 bridgehead atoms. The van der Waals surface area contributed by atoms with Crippen molar-refractivity contribution in [3.63, 3.8) is 0 Å². The molecule has 2 rings (SSSR count). The lowest BCUT2D eigenvalue weighted by atomic mass is 9.78. The monoisotopic (exact) mass is 375 g/mol. The summed E-state index contributed by atoms with van der Waals surface area (Å²) in [5.41, 5.74) is -0.0460. The molecule has 1 aromatic carbocycles. The third kappa shape index (κ3) is 3.35. The van der Waals surface area contributed by atoms with Crippen LogP contribution in [0.25, 0.3) is 0 Å². The fraction of sp³-hybridized carbons (Fsp3) is 0.533. The van der Waals surface area contributed by atoms with E-state index in [-0.39, 0.29) is 12.1 Å². The van der Waals surface area contributed by atoms with E-state index >= 15 is 0 Å². The Morgan fingerprint density at radius 2 is 2.19 bits per heavy atom. The average Bonchev–Trinajstić information content (AvgIpc) is 2.50. The summed E-state index contributed by atoms with van der Waals surface area (Å²) in [6, 6.07) is 5.48. The zero-order chi connectivity index (χ0) is 15.5. The van der Waals surface area contributed by atoms with Crippen LogP contribution in [-0.4, -0.2) is 31.8 Å². The summed E-state index contributed by atoms with van der Waals surface area (Å²) in [6.45, 7) is 0. The van der Waals surface area contributed by atoms with Gasteiger partial charge in [-0.05, 0) is 47.0 Å². The van der Waals surface area contributed by atoms with Gasteiger partial charge in [-0.3, -0.25) is 0 Å². The molecule has 0 aromatic heterocycles. The Kier molecular flexibility index (Phi) is 5.52. The van der Waals surface area contributed by atoms with Gasteiger partial charge in [-0.15, -0.1) is 0 Å². The number of ether oxygens (including phenoxy) is 2. The molecule has 116 valence electrons. The molecule has 1 aliphatic rings. The minimum absolute atomic E-state index is 0.215. The van der Waals surface area contributed by atoms with Crippen LogP contribution in [0.1, 0.15) is 25.7 Å². The molecule has 1 aromatic rings. The van der Waals surface area contributed by atoms with E-state index in [0.29, 0.717) is 11.4 Å². The highest BCUT2D eigenvalue weighted by molar-refractivity contribution is 9.10.